The van der Waals surface area contributed by atoms with E-state index >= 15 is 0 Å². The molecule has 10 heteroatoms. The smallest absolute Gasteiger partial charge is 0.318 e. The molecule has 0 bridgehead atoms. The van der Waals surface area contributed by atoms with E-state index in [1.165, 1.54) is 6.08 Å². The summed E-state index contributed by atoms with van der Waals surface area (Å²) < 4.78 is 0. The third kappa shape index (κ3) is 6.52. The number of amides is 4. The maximum Gasteiger partial charge on any atom is 0.318 e. The average Bonchev–Trinajstić information content (AvgIpc) is 3.57. The topological polar surface area (TPSA) is 118 Å². The van der Waals surface area contributed by atoms with Crippen molar-refractivity contribution in [2.75, 3.05) is 32.5 Å². The number of hydrogen-bond acceptors (Lipinski definition) is 6. The van der Waals surface area contributed by atoms with E-state index in [1.807, 2.05) is 79.7 Å². The van der Waals surface area contributed by atoms with Gasteiger partial charge in [0.25, 0.3) is 5.91 Å². The highest BCUT2D eigenvalue weighted by Gasteiger charge is 2.51. The highest BCUT2D eigenvalue weighted by molar-refractivity contribution is 5.99. The van der Waals surface area contributed by atoms with Crippen LogP contribution in [0.2, 0.25) is 0 Å². The zero-order valence-corrected chi connectivity index (χ0v) is 23.8. The molecule has 42 heavy (non-hydrogen) atoms. The van der Waals surface area contributed by atoms with Crippen LogP contribution < -0.4 is 26.8 Å². The first-order chi connectivity index (χ1) is 20.3. The number of likely N-dealkylation sites (tertiary alicyclic amines) is 1. The fraction of sp³-hybridized carbons (Fsp3) is 0.281. The highest BCUT2D eigenvalue weighted by atomic mass is 16.2. The molecule has 2 fully saturated rings. The second-order valence-electron chi connectivity index (χ2n) is 10.9. The molecule has 2 heterocycles. The van der Waals surface area contributed by atoms with Crippen LogP contribution in [-0.4, -0.2) is 67.0 Å². The number of nitrogens with zero attached hydrogens (tertiary/aromatic N) is 2. The van der Waals surface area contributed by atoms with Gasteiger partial charge in [0.2, 0.25) is 5.91 Å². The molecule has 218 valence electrons. The summed E-state index contributed by atoms with van der Waals surface area (Å²) in [5.74, 6) is -0.662. The summed E-state index contributed by atoms with van der Waals surface area (Å²) in [4.78, 5) is 42.6. The molecule has 3 aromatic carbocycles. The largest absolute Gasteiger partial charge is 0.335 e. The Morgan fingerprint density at radius 3 is 2.29 bits per heavy atom. The summed E-state index contributed by atoms with van der Waals surface area (Å²) in [6, 6.07) is 25.9. The zero-order valence-electron chi connectivity index (χ0n) is 23.8. The van der Waals surface area contributed by atoms with Gasteiger partial charge in [0.1, 0.15) is 0 Å². The van der Waals surface area contributed by atoms with Gasteiger partial charge in [-0.25, -0.2) is 10.2 Å². The van der Waals surface area contributed by atoms with E-state index in [2.05, 4.69) is 38.3 Å². The Bertz CT molecular complexity index is 1400. The lowest BCUT2D eigenvalue weighted by molar-refractivity contribution is -0.111. The van der Waals surface area contributed by atoms with Crippen molar-refractivity contribution >= 4 is 23.5 Å². The van der Waals surface area contributed by atoms with Crippen LogP contribution in [0.5, 0.6) is 0 Å². The summed E-state index contributed by atoms with van der Waals surface area (Å²) in [5.41, 5.74) is 9.69. The number of carbonyl (C=O) groups excluding carboxylic acids is 3. The lowest BCUT2D eigenvalue weighted by atomic mass is 9.94. The van der Waals surface area contributed by atoms with E-state index in [0.717, 1.165) is 11.1 Å². The molecule has 3 aromatic rings. The van der Waals surface area contributed by atoms with Crippen molar-refractivity contribution in [3.05, 3.63) is 114 Å². The molecule has 10 nitrogen and oxygen atoms in total. The van der Waals surface area contributed by atoms with Gasteiger partial charge >= 0.3 is 6.03 Å². The summed E-state index contributed by atoms with van der Waals surface area (Å²) >= 11 is 0. The molecule has 0 aromatic heterocycles. The first kappa shape index (κ1) is 29.0. The fourth-order valence-corrected chi connectivity index (χ4v) is 5.70. The molecule has 2 saturated heterocycles. The second-order valence-corrected chi connectivity index (χ2v) is 10.9. The van der Waals surface area contributed by atoms with Crippen molar-refractivity contribution in [1.29, 1.82) is 0 Å². The lowest BCUT2D eigenvalue weighted by Crippen LogP contribution is -2.51. The van der Waals surface area contributed by atoms with E-state index in [4.69, 9.17) is 0 Å². The Balaban J connectivity index is 1.33. The van der Waals surface area contributed by atoms with Crippen LogP contribution in [0.1, 0.15) is 33.6 Å². The molecule has 0 saturated carbocycles. The second kappa shape index (κ2) is 13.0. The molecule has 2 aliphatic rings. The number of fused-ring (bicyclic) bond motifs is 1. The maximum atomic E-state index is 13.9. The number of likely N-dealkylation sites (N-methyl/N-ethyl adjacent to an activating group) is 1. The minimum Gasteiger partial charge on any atom is -0.335 e. The number of urea groups is 1. The molecule has 5 rings (SSSR count). The summed E-state index contributed by atoms with van der Waals surface area (Å²) in [5, 5.41) is 9.03. The molecule has 0 radical (unpaired) electrons. The maximum absolute atomic E-state index is 13.9. The van der Waals surface area contributed by atoms with Gasteiger partial charge in [-0.1, -0.05) is 67.2 Å². The van der Waals surface area contributed by atoms with Crippen molar-refractivity contribution < 1.29 is 14.4 Å². The molecule has 2 aliphatic heterocycles. The van der Waals surface area contributed by atoms with E-state index < -0.39 is 6.17 Å². The quantitative estimate of drug-likeness (QED) is 0.254. The van der Waals surface area contributed by atoms with Crippen LogP contribution >= 0.6 is 0 Å². The predicted molar refractivity (Wildman–Crippen MR) is 162 cm³/mol. The van der Waals surface area contributed by atoms with Crippen LogP contribution in [0.4, 0.5) is 10.5 Å². The molecule has 5 N–H and O–H groups in total. The molecule has 5 atom stereocenters. The normalized spacial score (nSPS) is 21.8. The van der Waals surface area contributed by atoms with Crippen LogP contribution in [0.25, 0.3) is 0 Å². The standard InChI is InChI=1S/C32H37N7O3/c1-4-27(40)33-24-17-15-23(16-18-24)31(41)35-30-25-19-39(29(28(25)36-37-30)22-13-9-6-10-14-22)32(42)34-26(20-38(2)3)21-11-7-5-8-12-21/h4-18,25-26,28-30,36-37H,1,19-20H2,2-3H3,(H,33,40)(H,34,42)(H,35,41)/t25?,26-,28?,29+,30?/m1/s1. The number of nitrogens with one attached hydrogen (secondary N) is 5. The summed E-state index contributed by atoms with van der Waals surface area (Å²) in [6.07, 6.45) is 0.784. The van der Waals surface area contributed by atoms with E-state index in [-0.39, 0.29) is 41.9 Å². The summed E-state index contributed by atoms with van der Waals surface area (Å²) in [6.45, 7) is 4.54. The summed E-state index contributed by atoms with van der Waals surface area (Å²) in [7, 11) is 3.98. The van der Waals surface area contributed by atoms with Gasteiger partial charge < -0.3 is 25.8 Å². The Morgan fingerprint density at radius 2 is 1.64 bits per heavy atom. The predicted octanol–water partition coefficient (Wildman–Crippen LogP) is 3.03. The van der Waals surface area contributed by atoms with E-state index in [9.17, 15) is 14.4 Å². The minimum atomic E-state index is -0.404. The van der Waals surface area contributed by atoms with Crippen LogP contribution in [0.15, 0.2) is 97.6 Å². The fourth-order valence-electron chi connectivity index (χ4n) is 5.70. The first-order valence-corrected chi connectivity index (χ1v) is 14.0. The minimum absolute atomic E-state index is 0.0833. The Hall–Kier alpha value is -4.51. The van der Waals surface area contributed by atoms with E-state index in [1.54, 1.807) is 24.3 Å². The van der Waals surface area contributed by atoms with Crippen LogP contribution in [0, 0.1) is 5.92 Å². The third-order valence-corrected chi connectivity index (χ3v) is 7.71. The number of hydrogen-bond donors (Lipinski definition) is 5. The molecule has 4 amide bonds. The number of hydrazine groups is 1. The van der Waals surface area contributed by atoms with Gasteiger partial charge in [-0.2, -0.15) is 0 Å². The number of benzene rings is 3. The highest BCUT2D eigenvalue weighted by Crippen LogP contribution is 2.39. The Labute approximate surface area is 246 Å². The van der Waals surface area contributed by atoms with Crippen molar-refractivity contribution in [3.8, 4) is 0 Å². The van der Waals surface area contributed by atoms with Crippen LogP contribution in [0.3, 0.4) is 0 Å². The lowest BCUT2D eigenvalue weighted by Gasteiger charge is -2.31. The van der Waals surface area contributed by atoms with Crippen molar-refractivity contribution in [1.82, 2.24) is 31.3 Å². The van der Waals surface area contributed by atoms with Gasteiger partial charge in [-0.3, -0.25) is 15.0 Å². The third-order valence-electron chi connectivity index (χ3n) is 7.71. The molecule has 0 aliphatic carbocycles. The first-order valence-electron chi connectivity index (χ1n) is 14.0. The van der Waals surface area contributed by atoms with Gasteiger partial charge in [-0.15, -0.1) is 0 Å². The molecular formula is C32H37N7O3. The Morgan fingerprint density at radius 1 is 0.976 bits per heavy atom. The Kier molecular flexibility index (Phi) is 8.97. The van der Waals surface area contributed by atoms with Crippen molar-refractivity contribution in [2.45, 2.75) is 24.3 Å². The van der Waals surface area contributed by atoms with Gasteiger partial charge in [-0.05, 0) is 55.6 Å². The zero-order chi connectivity index (χ0) is 29.6. The number of carbonyl (C=O) groups is 3. The molecule has 3 unspecified atom stereocenters. The molecule has 0 spiro atoms. The van der Waals surface area contributed by atoms with Gasteiger partial charge in [0.05, 0.1) is 24.3 Å². The average molecular weight is 568 g/mol. The van der Waals surface area contributed by atoms with Gasteiger partial charge in [0, 0.05) is 30.3 Å². The molecular weight excluding hydrogens is 530 g/mol. The van der Waals surface area contributed by atoms with Crippen molar-refractivity contribution in [3.63, 3.8) is 0 Å². The monoisotopic (exact) mass is 567 g/mol. The number of rotatable bonds is 9. The van der Waals surface area contributed by atoms with E-state index in [0.29, 0.717) is 24.3 Å². The van der Waals surface area contributed by atoms with Crippen LogP contribution in [-0.2, 0) is 4.79 Å². The number of anilines is 1. The van der Waals surface area contributed by atoms with Gasteiger partial charge in [0.15, 0.2) is 0 Å². The SMILES string of the molecule is C=CC(=O)Nc1ccc(C(=O)NC2NNC3C2CN(C(=O)N[C@H](CN(C)C)c2ccccc2)[C@H]3c2ccccc2)cc1. The van der Waals surface area contributed by atoms with Crippen molar-refractivity contribution in [2.24, 2.45) is 5.92 Å².